The van der Waals surface area contributed by atoms with E-state index in [9.17, 15) is 20.3 Å². The SMILES string of the molecule is CC1OCCC1C(=O)O[C@H]1O[C@@](C#N)(c2ccc3c(N)ncnn23)[C@H](O)[C@@H]1O. The minimum absolute atomic E-state index is 0.127. The van der Waals surface area contributed by atoms with Gasteiger partial charge in [0.15, 0.2) is 5.82 Å². The molecule has 2 unspecified atom stereocenters. The van der Waals surface area contributed by atoms with Crippen LogP contribution < -0.4 is 5.73 Å². The van der Waals surface area contributed by atoms with Gasteiger partial charge in [0.25, 0.3) is 0 Å². The Labute approximate surface area is 159 Å². The zero-order chi connectivity index (χ0) is 20.1. The third kappa shape index (κ3) is 2.61. The summed E-state index contributed by atoms with van der Waals surface area (Å²) in [6, 6.07) is 4.92. The summed E-state index contributed by atoms with van der Waals surface area (Å²) in [6.45, 7) is 2.17. The molecule has 6 atom stereocenters. The predicted octanol–water partition coefficient (Wildman–Crippen LogP) is -0.923. The van der Waals surface area contributed by atoms with Gasteiger partial charge in [0, 0.05) is 6.61 Å². The van der Waals surface area contributed by atoms with Crippen LogP contribution in [0.4, 0.5) is 5.82 Å². The lowest BCUT2D eigenvalue weighted by molar-refractivity contribution is -0.200. The molecule has 0 aliphatic carbocycles. The normalized spacial score (nSPS) is 35.1. The molecule has 2 aromatic heterocycles. The first-order valence-electron chi connectivity index (χ1n) is 8.75. The Morgan fingerprint density at radius 2 is 2.29 bits per heavy atom. The van der Waals surface area contributed by atoms with Crippen molar-refractivity contribution in [1.29, 1.82) is 5.26 Å². The molecule has 0 saturated carbocycles. The summed E-state index contributed by atoms with van der Waals surface area (Å²) in [6.07, 6.45) is -3.51. The average molecular weight is 389 g/mol. The molecule has 0 spiro atoms. The quantitative estimate of drug-likeness (QED) is 0.559. The highest BCUT2D eigenvalue weighted by Crippen LogP contribution is 2.41. The Morgan fingerprint density at radius 1 is 1.50 bits per heavy atom. The van der Waals surface area contributed by atoms with Crippen LogP contribution in [0.5, 0.6) is 0 Å². The number of ether oxygens (including phenoxy) is 3. The molecule has 0 bridgehead atoms. The van der Waals surface area contributed by atoms with Crippen molar-refractivity contribution >= 4 is 17.3 Å². The summed E-state index contributed by atoms with van der Waals surface area (Å²) in [4.78, 5) is 16.3. The number of hydrogen-bond donors (Lipinski definition) is 3. The van der Waals surface area contributed by atoms with E-state index in [-0.39, 0.29) is 17.6 Å². The Balaban J connectivity index is 1.65. The van der Waals surface area contributed by atoms with Crippen LogP contribution in [0.25, 0.3) is 5.52 Å². The molecule has 4 rings (SSSR count). The lowest BCUT2D eigenvalue weighted by Gasteiger charge is -2.23. The van der Waals surface area contributed by atoms with Gasteiger partial charge in [-0.25, -0.2) is 9.50 Å². The Hall–Kier alpha value is -2.78. The minimum Gasteiger partial charge on any atom is -0.432 e. The molecule has 11 heteroatoms. The van der Waals surface area contributed by atoms with Crippen LogP contribution in [0.2, 0.25) is 0 Å². The molecule has 148 valence electrons. The Morgan fingerprint density at radius 3 is 2.96 bits per heavy atom. The molecule has 28 heavy (non-hydrogen) atoms. The Kier molecular flexibility index (Phi) is 4.43. The van der Waals surface area contributed by atoms with E-state index in [4.69, 9.17) is 19.9 Å². The number of aromatic nitrogens is 3. The molecule has 4 N–H and O–H groups in total. The molecule has 0 amide bonds. The number of aliphatic hydroxyl groups excluding tert-OH is 2. The van der Waals surface area contributed by atoms with Crippen molar-refractivity contribution in [2.45, 2.75) is 43.5 Å². The van der Waals surface area contributed by atoms with Crippen molar-refractivity contribution in [3.05, 3.63) is 24.2 Å². The maximum absolute atomic E-state index is 12.4. The van der Waals surface area contributed by atoms with E-state index in [0.717, 1.165) is 0 Å². The smallest absolute Gasteiger partial charge is 0.314 e. The minimum atomic E-state index is -2.02. The van der Waals surface area contributed by atoms with Crippen molar-refractivity contribution in [3.8, 4) is 6.07 Å². The van der Waals surface area contributed by atoms with Gasteiger partial charge in [0.1, 0.15) is 30.1 Å². The van der Waals surface area contributed by atoms with Gasteiger partial charge < -0.3 is 30.2 Å². The van der Waals surface area contributed by atoms with Gasteiger partial charge in [-0.1, -0.05) is 0 Å². The molecule has 0 aromatic carbocycles. The third-order valence-corrected chi connectivity index (χ3v) is 5.26. The number of fused-ring (bicyclic) bond motifs is 1. The van der Waals surface area contributed by atoms with Crippen LogP contribution >= 0.6 is 0 Å². The van der Waals surface area contributed by atoms with E-state index in [1.165, 1.54) is 16.9 Å². The van der Waals surface area contributed by atoms with Crippen LogP contribution in [0, 0.1) is 17.2 Å². The number of anilines is 1. The summed E-state index contributed by atoms with van der Waals surface area (Å²) in [7, 11) is 0. The number of aliphatic hydroxyl groups is 2. The van der Waals surface area contributed by atoms with Crippen LogP contribution in [-0.4, -0.2) is 62.0 Å². The molecule has 0 radical (unpaired) electrons. The van der Waals surface area contributed by atoms with Gasteiger partial charge in [0.2, 0.25) is 11.9 Å². The summed E-state index contributed by atoms with van der Waals surface area (Å²) in [5, 5.41) is 34.9. The van der Waals surface area contributed by atoms with E-state index in [0.29, 0.717) is 18.5 Å². The number of rotatable bonds is 3. The fraction of sp³-hybridized carbons (Fsp3) is 0.529. The summed E-state index contributed by atoms with van der Waals surface area (Å²) < 4.78 is 17.5. The van der Waals surface area contributed by atoms with Crippen LogP contribution in [-0.2, 0) is 24.6 Å². The number of nitrogen functional groups attached to an aromatic ring is 1. The molecule has 2 aliphatic rings. The van der Waals surface area contributed by atoms with E-state index in [2.05, 4.69) is 10.1 Å². The number of hydrogen-bond acceptors (Lipinski definition) is 10. The first-order chi connectivity index (χ1) is 13.4. The van der Waals surface area contributed by atoms with Crippen molar-refractivity contribution in [3.63, 3.8) is 0 Å². The van der Waals surface area contributed by atoms with E-state index in [1.807, 2.05) is 6.07 Å². The van der Waals surface area contributed by atoms with E-state index in [1.54, 1.807) is 13.0 Å². The second-order valence-corrected chi connectivity index (χ2v) is 6.84. The molecule has 2 saturated heterocycles. The maximum Gasteiger partial charge on any atom is 0.314 e. The highest BCUT2D eigenvalue weighted by atomic mass is 16.7. The summed E-state index contributed by atoms with van der Waals surface area (Å²) >= 11 is 0. The Bertz CT molecular complexity index is 957. The number of nitriles is 1. The average Bonchev–Trinajstić information content (AvgIpc) is 3.36. The third-order valence-electron chi connectivity index (χ3n) is 5.26. The molecule has 2 aromatic rings. The molecular weight excluding hydrogens is 370 g/mol. The van der Waals surface area contributed by atoms with Crippen LogP contribution in [0.1, 0.15) is 19.0 Å². The largest absolute Gasteiger partial charge is 0.432 e. The second-order valence-electron chi connectivity index (χ2n) is 6.84. The standard InChI is InChI=1S/C17H19N5O6/c1-8-9(4-5-26-8)15(25)27-16-12(23)13(24)17(6-18,28-16)11-3-2-10-14(19)20-7-21-22(10)11/h2-3,7-9,12-13,16,23-24H,4-5H2,1H3,(H2,19,20,21)/t8?,9?,12-,13+,16-,17-/m0/s1. The molecular formula is C17H19N5O6. The van der Waals surface area contributed by atoms with E-state index >= 15 is 0 Å². The predicted molar refractivity (Wildman–Crippen MR) is 91.2 cm³/mol. The number of nitrogens with two attached hydrogens (primary N) is 1. The van der Waals surface area contributed by atoms with Crippen LogP contribution in [0.3, 0.4) is 0 Å². The van der Waals surface area contributed by atoms with E-state index < -0.39 is 36.0 Å². The van der Waals surface area contributed by atoms with Gasteiger partial charge >= 0.3 is 5.97 Å². The van der Waals surface area contributed by atoms with Gasteiger partial charge in [-0.05, 0) is 25.5 Å². The molecule has 2 aliphatic heterocycles. The second kappa shape index (κ2) is 6.68. The molecule has 4 heterocycles. The number of nitrogens with zero attached hydrogens (tertiary/aromatic N) is 4. The highest BCUT2D eigenvalue weighted by Gasteiger charge is 2.59. The fourth-order valence-corrected chi connectivity index (χ4v) is 3.64. The molecule has 11 nitrogen and oxygen atoms in total. The lowest BCUT2D eigenvalue weighted by atomic mass is 9.93. The van der Waals surface area contributed by atoms with Gasteiger partial charge in [0.05, 0.1) is 17.7 Å². The maximum atomic E-state index is 12.4. The summed E-state index contributed by atoms with van der Waals surface area (Å²) in [5.41, 5.74) is 4.31. The van der Waals surface area contributed by atoms with Gasteiger partial charge in [-0.3, -0.25) is 4.79 Å². The number of esters is 1. The first kappa shape index (κ1) is 18.6. The van der Waals surface area contributed by atoms with Gasteiger partial charge in [-0.2, -0.15) is 10.4 Å². The zero-order valence-corrected chi connectivity index (χ0v) is 14.9. The summed E-state index contributed by atoms with van der Waals surface area (Å²) in [5.74, 6) is -0.964. The fourth-order valence-electron chi connectivity index (χ4n) is 3.64. The first-order valence-corrected chi connectivity index (χ1v) is 8.75. The number of carbonyl (C=O) groups excluding carboxylic acids is 1. The van der Waals surface area contributed by atoms with Crippen molar-refractivity contribution in [2.75, 3.05) is 12.3 Å². The topological polar surface area (TPSA) is 165 Å². The number of carbonyl (C=O) groups is 1. The van der Waals surface area contributed by atoms with Crippen LogP contribution in [0.15, 0.2) is 18.5 Å². The van der Waals surface area contributed by atoms with Crippen molar-refractivity contribution in [2.24, 2.45) is 5.92 Å². The zero-order valence-electron chi connectivity index (χ0n) is 14.9. The highest BCUT2D eigenvalue weighted by molar-refractivity contribution is 5.73. The van der Waals surface area contributed by atoms with Gasteiger partial charge in [-0.15, -0.1) is 0 Å². The monoisotopic (exact) mass is 389 g/mol. The molecule has 2 fully saturated rings. The van der Waals surface area contributed by atoms with Crippen molar-refractivity contribution < 1.29 is 29.2 Å². The van der Waals surface area contributed by atoms with Crippen molar-refractivity contribution in [1.82, 2.24) is 14.6 Å². The lowest BCUT2D eigenvalue weighted by Crippen LogP contribution is -2.41.